The fourth-order valence-electron chi connectivity index (χ4n) is 10.2. The van der Waals surface area contributed by atoms with Crippen LogP contribution in [0.25, 0.3) is 97.1 Å². The van der Waals surface area contributed by atoms with Crippen molar-refractivity contribution in [3.63, 3.8) is 0 Å². The molecule has 13 rings (SSSR count). The number of hydrogen-bond acceptors (Lipinski definition) is 4. The predicted octanol–water partition coefficient (Wildman–Crippen LogP) is 16.4. The minimum Gasteiger partial charge on any atom is -0.455 e. The molecule has 0 bridgehead atoms. The van der Waals surface area contributed by atoms with Crippen LogP contribution in [0.5, 0.6) is 0 Å². The van der Waals surface area contributed by atoms with Crippen LogP contribution in [-0.4, -0.2) is 0 Å². The Hall–Kier alpha value is -7.14. The molecule has 12 aromatic rings. The summed E-state index contributed by atoms with van der Waals surface area (Å²) in [5.74, 6) is 0. The van der Waals surface area contributed by atoms with Gasteiger partial charge in [-0.05, 0) is 82.1 Å². The lowest BCUT2D eigenvalue weighted by Gasteiger charge is -2.28. The van der Waals surface area contributed by atoms with Gasteiger partial charge in [0, 0.05) is 75.2 Å². The molecule has 0 amide bonds. The molecule has 0 fully saturated rings. The van der Waals surface area contributed by atoms with E-state index in [1.54, 1.807) is 0 Å². The minimum absolute atomic E-state index is 0.298. The first-order valence-corrected chi connectivity index (χ1v) is 21.1. The monoisotopic (exact) mass is 773 g/mol. The summed E-state index contributed by atoms with van der Waals surface area (Å²) in [6.45, 7) is 4.76. The summed E-state index contributed by atoms with van der Waals surface area (Å²) in [6, 6.07) is 63.7. The zero-order chi connectivity index (χ0) is 39.0. The first kappa shape index (κ1) is 32.9. The zero-order valence-corrected chi connectivity index (χ0v) is 33.2. The van der Waals surface area contributed by atoms with Crippen LogP contribution in [0.2, 0.25) is 0 Å². The Kier molecular flexibility index (Phi) is 6.66. The van der Waals surface area contributed by atoms with E-state index in [1.165, 1.54) is 53.2 Å². The van der Waals surface area contributed by atoms with Gasteiger partial charge in [0.05, 0.1) is 5.69 Å². The molecule has 0 unspecified atom stereocenters. The van der Waals surface area contributed by atoms with Crippen LogP contribution in [0, 0.1) is 0 Å². The average molecular weight is 774 g/mol. The standard InChI is InChI=1S/C55H35NO2S/c1-55(2)43-22-13-23-44(56(33-14-4-3-5-15-33)34-27-28-38-37-17-9-11-25-47(37)59-48(38)31-34)50(43)51-52(55)40-19-7-6-18-39(40)49-42-30-32(26-29-46(42)58-54(49)51)35-20-12-21-41-36-16-8-10-24-45(36)57-53(35)41/h3-31H,1-2H3. The Morgan fingerprint density at radius 3 is 2.03 bits per heavy atom. The number of fused-ring (bicyclic) bond motifs is 16. The number of furan rings is 2. The van der Waals surface area contributed by atoms with Gasteiger partial charge in [0.25, 0.3) is 0 Å². The second-order valence-corrected chi connectivity index (χ2v) is 17.5. The maximum Gasteiger partial charge on any atom is 0.144 e. The maximum absolute atomic E-state index is 7.18. The summed E-state index contributed by atoms with van der Waals surface area (Å²) < 4.78 is 16.3. The third-order valence-electron chi connectivity index (χ3n) is 12.8. The van der Waals surface area contributed by atoms with Crippen molar-refractivity contribution in [2.45, 2.75) is 19.3 Å². The number of rotatable bonds is 4. The number of benzene rings is 9. The Balaban J connectivity index is 1.10. The number of para-hydroxylation sites is 3. The summed E-state index contributed by atoms with van der Waals surface area (Å²) in [5.41, 5.74) is 13.8. The first-order valence-electron chi connectivity index (χ1n) is 20.3. The lowest BCUT2D eigenvalue weighted by molar-refractivity contribution is 0.657. The van der Waals surface area contributed by atoms with Gasteiger partial charge in [-0.1, -0.05) is 135 Å². The van der Waals surface area contributed by atoms with Crippen LogP contribution in [-0.2, 0) is 5.41 Å². The zero-order valence-electron chi connectivity index (χ0n) is 32.4. The lowest BCUT2D eigenvalue weighted by Crippen LogP contribution is -2.16. The fourth-order valence-corrected chi connectivity index (χ4v) is 11.4. The molecule has 3 heterocycles. The highest BCUT2D eigenvalue weighted by Gasteiger charge is 2.42. The van der Waals surface area contributed by atoms with Gasteiger partial charge in [-0.15, -0.1) is 11.3 Å². The molecule has 0 radical (unpaired) electrons. The van der Waals surface area contributed by atoms with Crippen molar-refractivity contribution in [2.24, 2.45) is 0 Å². The molecule has 9 aromatic carbocycles. The van der Waals surface area contributed by atoms with Gasteiger partial charge in [0.15, 0.2) is 0 Å². The van der Waals surface area contributed by atoms with E-state index in [9.17, 15) is 0 Å². The van der Waals surface area contributed by atoms with E-state index in [-0.39, 0.29) is 5.41 Å². The highest BCUT2D eigenvalue weighted by molar-refractivity contribution is 7.25. The van der Waals surface area contributed by atoms with Crippen molar-refractivity contribution in [1.82, 2.24) is 0 Å². The summed E-state index contributed by atoms with van der Waals surface area (Å²) >= 11 is 1.86. The van der Waals surface area contributed by atoms with E-state index in [0.717, 1.165) is 72.1 Å². The first-order chi connectivity index (χ1) is 29.0. The van der Waals surface area contributed by atoms with E-state index in [4.69, 9.17) is 8.83 Å². The van der Waals surface area contributed by atoms with Crippen LogP contribution >= 0.6 is 11.3 Å². The van der Waals surface area contributed by atoms with Crippen molar-refractivity contribution >= 4 is 103 Å². The molecular weight excluding hydrogens is 739 g/mol. The van der Waals surface area contributed by atoms with Gasteiger partial charge in [0.2, 0.25) is 0 Å². The molecule has 0 spiro atoms. The van der Waals surface area contributed by atoms with Gasteiger partial charge in [-0.25, -0.2) is 0 Å². The summed E-state index contributed by atoms with van der Waals surface area (Å²) in [7, 11) is 0. The van der Waals surface area contributed by atoms with Gasteiger partial charge in [-0.3, -0.25) is 0 Å². The third-order valence-corrected chi connectivity index (χ3v) is 13.9. The summed E-state index contributed by atoms with van der Waals surface area (Å²) in [4.78, 5) is 2.45. The van der Waals surface area contributed by atoms with Crippen molar-refractivity contribution in [3.8, 4) is 22.3 Å². The number of hydrogen-bond donors (Lipinski definition) is 0. The average Bonchev–Trinajstić information content (AvgIpc) is 4.02. The second-order valence-electron chi connectivity index (χ2n) is 16.4. The normalized spacial score (nSPS) is 13.4. The highest BCUT2D eigenvalue weighted by atomic mass is 32.1. The largest absolute Gasteiger partial charge is 0.455 e. The van der Waals surface area contributed by atoms with Gasteiger partial charge in [-0.2, -0.15) is 0 Å². The van der Waals surface area contributed by atoms with E-state index >= 15 is 0 Å². The smallest absolute Gasteiger partial charge is 0.144 e. The summed E-state index contributed by atoms with van der Waals surface area (Å²) in [6.07, 6.45) is 0. The van der Waals surface area contributed by atoms with Crippen LogP contribution in [0.15, 0.2) is 185 Å². The molecule has 0 saturated carbocycles. The Labute approximate surface area is 344 Å². The fraction of sp³-hybridized carbons (Fsp3) is 0.0545. The van der Waals surface area contributed by atoms with Crippen LogP contribution in [0.1, 0.15) is 25.0 Å². The lowest BCUT2D eigenvalue weighted by atomic mass is 9.79. The summed E-state index contributed by atoms with van der Waals surface area (Å²) in [5, 5.41) is 9.55. The third kappa shape index (κ3) is 4.52. The van der Waals surface area contributed by atoms with Crippen molar-refractivity contribution < 1.29 is 8.83 Å². The Bertz CT molecular complexity index is 3720. The Morgan fingerprint density at radius 1 is 0.458 bits per heavy atom. The van der Waals surface area contributed by atoms with Gasteiger partial charge in [0.1, 0.15) is 22.3 Å². The quantitative estimate of drug-likeness (QED) is 0.178. The molecule has 1 aliphatic carbocycles. The number of nitrogens with zero attached hydrogens (tertiary/aromatic N) is 1. The molecule has 59 heavy (non-hydrogen) atoms. The molecule has 0 N–H and O–H groups in total. The molecule has 278 valence electrons. The Morgan fingerprint density at radius 2 is 1.15 bits per heavy atom. The molecule has 1 aliphatic rings. The molecular formula is C55H35NO2S. The highest BCUT2D eigenvalue weighted by Crippen LogP contribution is 2.60. The van der Waals surface area contributed by atoms with Crippen LogP contribution < -0.4 is 4.90 Å². The molecule has 0 aliphatic heterocycles. The van der Waals surface area contributed by atoms with E-state index in [1.807, 2.05) is 23.5 Å². The molecule has 0 saturated heterocycles. The number of thiophene rings is 1. The van der Waals surface area contributed by atoms with E-state index < -0.39 is 0 Å². The van der Waals surface area contributed by atoms with Gasteiger partial charge < -0.3 is 13.7 Å². The van der Waals surface area contributed by atoms with E-state index in [0.29, 0.717) is 0 Å². The maximum atomic E-state index is 7.18. The topological polar surface area (TPSA) is 29.5 Å². The molecule has 0 atom stereocenters. The minimum atomic E-state index is -0.298. The molecule has 4 heteroatoms. The predicted molar refractivity (Wildman–Crippen MR) is 249 cm³/mol. The SMILES string of the molecule is CC1(C)c2cccc(N(c3ccccc3)c3ccc4c(c3)sc3ccccc34)c2-c2c1c1ccccc1c1c2oc2ccc(-c3cccc4c3oc3ccccc34)cc21. The van der Waals surface area contributed by atoms with Crippen molar-refractivity contribution in [1.29, 1.82) is 0 Å². The van der Waals surface area contributed by atoms with Crippen LogP contribution in [0.3, 0.4) is 0 Å². The van der Waals surface area contributed by atoms with Crippen molar-refractivity contribution in [3.05, 3.63) is 187 Å². The van der Waals surface area contributed by atoms with Gasteiger partial charge >= 0.3 is 0 Å². The van der Waals surface area contributed by atoms with Crippen molar-refractivity contribution in [2.75, 3.05) is 4.90 Å². The number of anilines is 3. The van der Waals surface area contributed by atoms with E-state index in [2.05, 4.69) is 183 Å². The molecule has 3 nitrogen and oxygen atoms in total. The molecule has 3 aromatic heterocycles. The second kappa shape index (κ2) is 12.0. The van der Waals surface area contributed by atoms with Crippen LogP contribution in [0.4, 0.5) is 17.1 Å².